The van der Waals surface area contributed by atoms with E-state index in [-0.39, 0.29) is 0 Å². The first kappa shape index (κ1) is 14.1. The predicted molar refractivity (Wildman–Crippen MR) is 81.3 cm³/mol. The third-order valence-corrected chi connectivity index (χ3v) is 4.04. The summed E-state index contributed by atoms with van der Waals surface area (Å²) in [7, 11) is 2.03. The first-order chi connectivity index (χ1) is 9.15. The van der Waals surface area contributed by atoms with Crippen LogP contribution in [0.15, 0.2) is 41.8 Å². The Morgan fingerprint density at radius 2 is 2.16 bits per heavy atom. The van der Waals surface area contributed by atoms with Gasteiger partial charge in [0.2, 0.25) is 0 Å². The fourth-order valence-corrected chi connectivity index (χ4v) is 2.71. The van der Waals surface area contributed by atoms with Crippen LogP contribution in [0.1, 0.15) is 16.5 Å². The molecule has 19 heavy (non-hydrogen) atoms. The summed E-state index contributed by atoms with van der Waals surface area (Å²) in [6, 6.07) is 11.7. The van der Waals surface area contributed by atoms with Crippen LogP contribution in [0.25, 0.3) is 0 Å². The molecular formula is C15H20N2OS. The molecule has 2 rings (SSSR count). The lowest BCUT2D eigenvalue weighted by atomic mass is 10.1. The molecule has 0 bridgehead atoms. The van der Waals surface area contributed by atoms with Crippen LogP contribution < -0.4 is 5.73 Å². The molecule has 1 atom stereocenters. The number of thiophene rings is 1. The number of nitrogens with two attached hydrogens (primary N) is 1. The highest BCUT2D eigenvalue weighted by molar-refractivity contribution is 7.09. The van der Waals surface area contributed by atoms with Crippen molar-refractivity contribution < 1.29 is 5.11 Å². The summed E-state index contributed by atoms with van der Waals surface area (Å²) in [6.07, 6.45) is 0.537. The van der Waals surface area contributed by atoms with E-state index in [1.807, 2.05) is 31.3 Å². The molecule has 1 aromatic heterocycles. The second-order valence-electron chi connectivity index (χ2n) is 4.78. The lowest BCUT2D eigenvalue weighted by Gasteiger charge is -2.20. The van der Waals surface area contributed by atoms with Crippen LogP contribution in [0, 0.1) is 0 Å². The van der Waals surface area contributed by atoms with E-state index >= 15 is 0 Å². The maximum Gasteiger partial charge on any atom is 0.0917 e. The minimum absolute atomic E-state index is 0.489. The zero-order valence-corrected chi connectivity index (χ0v) is 11.9. The molecule has 3 N–H and O–H groups in total. The Morgan fingerprint density at radius 1 is 1.32 bits per heavy atom. The summed E-state index contributed by atoms with van der Waals surface area (Å²) in [4.78, 5) is 3.53. The minimum atomic E-state index is -0.489. The molecule has 1 aromatic carbocycles. The number of nitrogen functional groups attached to an aromatic ring is 1. The molecule has 102 valence electrons. The van der Waals surface area contributed by atoms with Gasteiger partial charge in [0.15, 0.2) is 0 Å². The topological polar surface area (TPSA) is 49.5 Å². The van der Waals surface area contributed by atoms with Crippen molar-refractivity contribution >= 4 is 17.0 Å². The SMILES string of the molecule is CN(CCc1cccs1)CC(O)c1cccc(N)c1. The zero-order valence-electron chi connectivity index (χ0n) is 11.1. The van der Waals surface area contributed by atoms with E-state index in [1.54, 1.807) is 11.3 Å². The van der Waals surface area contributed by atoms with Gasteiger partial charge in [-0.2, -0.15) is 0 Å². The van der Waals surface area contributed by atoms with Crippen molar-refractivity contribution in [2.24, 2.45) is 0 Å². The minimum Gasteiger partial charge on any atom is -0.399 e. The quantitative estimate of drug-likeness (QED) is 0.797. The number of hydrogen-bond acceptors (Lipinski definition) is 4. The van der Waals surface area contributed by atoms with E-state index in [9.17, 15) is 5.11 Å². The summed E-state index contributed by atoms with van der Waals surface area (Å²) in [6.45, 7) is 1.56. The Balaban J connectivity index is 1.83. The molecule has 0 aliphatic heterocycles. The Hall–Kier alpha value is -1.36. The smallest absolute Gasteiger partial charge is 0.0917 e. The van der Waals surface area contributed by atoms with E-state index in [0.717, 1.165) is 18.5 Å². The largest absolute Gasteiger partial charge is 0.399 e. The molecule has 0 spiro atoms. The van der Waals surface area contributed by atoms with Gasteiger partial charge in [0.25, 0.3) is 0 Å². The molecule has 4 heteroatoms. The summed E-state index contributed by atoms with van der Waals surface area (Å²) in [5.74, 6) is 0. The molecule has 2 aromatic rings. The maximum absolute atomic E-state index is 10.2. The van der Waals surface area contributed by atoms with Crippen molar-refractivity contribution in [2.75, 3.05) is 25.9 Å². The highest BCUT2D eigenvalue weighted by Gasteiger charge is 2.11. The molecule has 1 unspecified atom stereocenters. The molecule has 0 saturated heterocycles. The van der Waals surface area contributed by atoms with Gasteiger partial charge >= 0.3 is 0 Å². The van der Waals surface area contributed by atoms with Gasteiger partial charge in [-0.3, -0.25) is 0 Å². The number of anilines is 1. The van der Waals surface area contributed by atoms with Gasteiger partial charge in [-0.15, -0.1) is 11.3 Å². The molecule has 0 amide bonds. The van der Waals surface area contributed by atoms with E-state index < -0.39 is 6.10 Å². The fourth-order valence-electron chi connectivity index (χ4n) is 2.01. The van der Waals surface area contributed by atoms with Crippen LogP contribution in [0.5, 0.6) is 0 Å². The Bertz CT molecular complexity index is 499. The van der Waals surface area contributed by atoms with Crippen LogP contribution in [0.4, 0.5) is 5.69 Å². The maximum atomic E-state index is 10.2. The van der Waals surface area contributed by atoms with Gasteiger partial charge in [0, 0.05) is 23.7 Å². The van der Waals surface area contributed by atoms with E-state index in [1.165, 1.54) is 4.88 Å². The third-order valence-electron chi connectivity index (χ3n) is 3.10. The molecule has 1 heterocycles. The number of benzene rings is 1. The van der Waals surface area contributed by atoms with E-state index in [4.69, 9.17) is 5.73 Å². The highest BCUT2D eigenvalue weighted by Crippen LogP contribution is 2.17. The third kappa shape index (κ3) is 4.35. The molecular weight excluding hydrogens is 256 g/mol. The molecule has 0 aliphatic rings. The first-order valence-corrected chi connectivity index (χ1v) is 7.27. The number of aliphatic hydroxyl groups excluding tert-OH is 1. The lowest BCUT2D eigenvalue weighted by Crippen LogP contribution is -2.26. The van der Waals surface area contributed by atoms with Crippen LogP contribution in [-0.4, -0.2) is 30.1 Å². The summed E-state index contributed by atoms with van der Waals surface area (Å²) in [5.41, 5.74) is 7.30. The van der Waals surface area contributed by atoms with Gasteiger partial charge in [-0.1, -0.05) is 18.2 Å². The Kier molecular flexibility index (Phi) is 4.96. The van der Waals surface area contributed by atoms with Gasteiger partial charge < -0.3 is 15.7 Å². The monoisotopic (exact) mass is 276 g/mol. The number of likely N-dealkylation sites (N-methyl/N-ethyl adjacent to an activating group) is 1. The van der Waals surface area contributed by atoms with E-state index in [2.05, 4.69) is 22.4 Å². The number of nitrogens with zero attached hydrogens (tertiary/aromatic N) is 1. The number of aliphatic hydroxyl groups is 1. The van der Waals surface area contributed by atoms with Crippen molar-refractivity contribution in [1.29, 1.82) is 0 Å². The summed E-state index contributed by atoms with van der Waals surface area (Å²) < 4.78 is 0. The van der Waals surface area contributed by atoms with Crippen LogP contribution in [-0.2, 0) is 6.42 Å². The molecule has 0 aliphatic carbocycles. The summed E-state index contributed by atoms with van der Waals surface area (Å²) in [5, 5.41) is 12.3. The molecule has 0 radical (unpaired) electrons. The molecule has 0 fully saturated rings. The normalized spacial score (nSPS) is 12.8. The standard InChI is InChI=1S/C15H20N2OS/c1-17(8-7-14-6-3-9-19-14)11-15(18)12-4-2-5-13(16)10-12/h2-6,9-10,15,18H,7-8,11,16H2,1H3. The van der Waals surface area contributed by atoms with Gasteiger partial charge in [-0.05, 0) is 42.6 Å². The fraction of sp³-hybridized carbons (Fsp3) is 0.333. The van der Waals surface area contributed by atoms with Gasteiger partial charge in [0.05, 0.1) is 6.10 Å². The van der Waals surface area contributed by atoms with Crippen LogP contribution in [0.2, 0.25) is 0 Å². The van der Waals surface area contributed by atoms with Crippen molar-refractivity contribution in [3.8, 4) is 0 Å². The van der Waals surface area contributed by atoms with Crippen LogP contribution >= 0.6 is 11.3 Å². The first-order valence-electron chi connectivity index (χ1n) is 6.39. The molecule has 3 nitrogen and oxygen atoms in total. The lowest BCUT2D eigenvalue weighted by molar-refractivity contribution is 0.127. The van der Waals surface area contributed by atoms with Crippen LogP contribution in [0.3, 0.4) is 0 Å². The number of hydrogen-bond donors (Lipinski definition) is 2. The zero-order chi connectivity index (χ0) is 13.7. The second-order valence-corrected chi connectivity index (χ2v) is 5.81. The summed E-state index contributed by atoms with van der Waals surface area (Å²) >= 11 is 1.78. The van der Waals surface area contributed by atoms with Crippen molar-refractivity contribution in [2.45, 2.75) is 12.5 Å². The second kappa shape index (κ2) is 6.70. The Morgan fingerprint density at radius 3 is 2.84 bits per heavy atom. The number of rotatable bonds is 6. The van der Waals surface area contributed by atoms with Crippen molar-refractivity contribution in [3.63, 3.8) is 0 Å². The van der Waals surface area contributed by atoms with E-state index in [0.29, 0.717) is 12.2 Å². The molecule has 0 saturated carbocycles. The average molecular weight is 276 g/mol. The highest BCUT2D eigenvalue weighted by atomic mass is 32.1. The van der Waals surface area contributed by atoms with Gasteiger partial charge in [-0.25, -0.2) is 0 Å². The average Bonchev–Trinajstić information content (AvgIpc) is 2.89. The van der Waals surface area contributed by atoms with Gasteiger partial charge in [0.1, 0.15) is 0 Å². The van der Waals surface area contributed by atoms with Crippen molar-refractivity contribution in [1.82, 2.24) is 4.90 Å². The predicted octanol–water partition coefficient (Wildman–Crippen LogP) is 2.54. The Labute approximate surface area is 118 Å². The van der Waals surface area contributed by atoms with Crippen molar-refractivity contribution in [3.05, 3.63) is 52.2 Å².